The summed E-state index contributed by atoms with van der Waals surface area (Å²) in [5.74, 6) is 0.497. The minimum Gasteiger partial charge on any atom is -0.444 e. The molecule has 0 fully saturated rings. The lowest BCUT2D eigenvalue weighted by molar-refractivity contribution is 0.0635. The van der Waals surface area contributed by atoms with Crippen molar-refractivity contribution in [2.45, 2.75) is 37.4 Å². The van der Waals surface area contributed by atoms with Crippen molar-refractivity contribution in [1.82, 2.24) is 0 Å². The molecule has 2 N–H and O–H groups in total. The predicted molar refractivity (Wildman–Crippen MR) is 98.4 cm³/mol. The molecule has 2 aromatic rings. The van der Waals surface area contributed by atoms with Crippen molar-refractivity contribution in [1.29, 1.82) is 0 Å². The van der Waals surface area contributed by atoms with Gasteiger partial charge in [-0.15, -0.1) is 11.8 Å². The highest BCUT2D eigenvalue weighted by Crippen LogP contribution is 2.30. The molecule has 0 heterocycles. The Bertz CT molecular complexity index is 668. The van der Waals surface area contributed by atoms with Gasteiger partial charge in [0.25, 0.3) is 0 Å². The molecule has 1 unspecified atom stereocenters. The highest BCUT2D eigenvalue weighted by Gasteiger charge is 2.17. The molecular formula is C19H23NO3S. The van der Waals surface area contributed by atoms with Crippen LogP contribution in [0.5, 0.6) is 0 Å². The van der Waals surface area contributed by atoms with Crippen molar-refractivity contribution in [3.8, 4) is 0 Å². The molecule has 0 saturated carbocycles. The summed E-state index contributed by atoms with van der Waals surface area (Å²) in [5.41, 5.74) is 1.01. The van der Waals surface area contributed by atoms with Crippen molar-refractivity contribution in [3.63, 3.8) is 0 Å². The number of aliphatic hydroxyl groups excluding tert-OH is 1. The molecule has 0 saturated heterocycles. The van der Waals surface area contributed by atoms with E-state index in [2.05, 4.69) is 5.32 Å². The summed E-state index contributed by atoms with van der Waals surface area (Å²) < 4.78 is 5.28. The molecule has 128 valence electrons. The molecule has 0 aliphatic heterocycles. The van der Waals surface area contributed by atoms with Crippen LogP contribution in [-0.4, -0.2) is 22.6 Å². The topological polar surface area (TPSA) is 58.6 Å². The van der Waals surface area contributed by atoms with Crippen LogP contribution in [0.4, 0.5) is 10.5 Å². The predicted octanol–water partition coefficient (Wildman–Crippen LogP) is 4.86. The molecule has 0 spiro atoms. The third kappa shape index (κ3) is 5.91. The van der Waals surface area contributed by atoms with E-state index in [-0.39, 0.29) is 0 Å². The van der Waals surface area contributed by atoms with E-state index in [1.165, 1.54) is 11.8 Å². The highest BCUT2D eigenvalue weighted by atomic mass is 32.2. The van der Waals surface area contributed by atoms with E-state index >= 15 is 0 Å². The number of hydrogen-bond donors (Lipinski definition) is 2. The number of nitrogens with one attached hydrogen (secondary N) is 1. The zero-order valence-corrected chi connectivity index (χ0v) is 15.0. The fourth-order valence-electron chi connectivity index (χ4n) is 2.05. The van der Waals surface area contributed by atoms with Crippen molar-refractivity contribution in [2.24, 2.45) is 0 Å². The molecule has 0 aromatic heterocycles. The van der Waals surface area contributed by atoms with E-state index in [9.17, 15) is 9.90 Å². The number of anilines is 1. The number of amides is 1. The van der Waals surface area contributed by atoms with Gasteiger partial charge >= 0.3 is 6.09 Å². The number of hydrogen-bond acceptors (Lipinski definition) is 4. The van der Waals surface area contributed by atoms with Crippen molar-refractivity contribution in [2.75, 3.05) is 11.1 Å². The summed E-state index contributed by atoms with van der Waals surface area (Å²) in [6, 6.07) is 17.0. The van der Waals surface area contributed by atoms with Gasteiger partial charge in [-0.1, -0.05) is 42.5 Å². The maximum absolute atomic E-state index is 11.9. The van der Waals surface area contributed by atoms with Crippen LogP contribution < -0.4 is 5.32 Å². The third-order valence-corrected chi connectivity index (χ3v) is 4.25. The van der Waals surface area contributed by atoms with Gasteiger partial charge in [-0.2, -0.15) is 0 Å². The molecule has 1 amide bonds. The maximum Gasteiger partial charge on any atom is 0.412 e. The first kappa shape index (κ1) is 18.4. The quantitative estimate of drug-likeness (QED) is 0.760. The second kappa shape index (κ2) is 8.22. The summed E-state index contributed by atoms with van der Waals surface area (Å²) in [6.07, 6.45) is -1.05. The SMILES string of the molecule is CC(C)(C)OC(=O)Nc1ccccc1SCC(O)c1ccccc1. The monoisotopic (exact) mass is 345 g/mol. The van der Waals surface area contributed by atoms with Gasteiger partial charge < -0.3 is 9.84 Å². The lowest BCUT2D eigenvalue weighted by atomic mass is 10.1. The van der Waals surface area contributed by atoms with Crippen molar-refractivity contribution >= 4 is 23.5 Å². The van der Waals surface area contributed by atoms with E-state index in [4.69, 9.17) is 4.74 Å². The molecule has 24 heavy (non-hydrogen) atoms. The molecule has 5 heteroatoms. The normalized spacial score (nSPS) is 12.5. The number of para-hydroxylation sites is 1. The summed E-state index contributed by atoms with van der Waals surface area (Å²) in [7, 11) is 0. The molecule has 0 aliphatic carbocycles. The number of ether oxygens (including phenoxy) is 1. The van der Waals surface area contributed by atoms with Crippen LogP contribution in [0.2, 0.25) is 0 Å². The molecule has 0 aliphatic rings. The fourth-order valence-corrected chi connectivity index (χ4v) is 3.03. The number of carbonyl (C=O) groups excluding carboxylic acids is 1. The molecule has 2 aromatic carbocycles. The van der Waals surface area contributed by atoms with E-state index in [0.29, 0.717) is 11.4 Å². The first-order valence-corrected chi connectivity index (χ1v) is 8.78. The molecular weight excluding hydrogens is 322 g/mol. The second-order valence-electron chi connectivity index (χ2n) is 6.36. The number of rotatable bonds is 5. The molecule has 0 radical (unpaired) electrons. The number of benzene rings is 2. The van der Waals surface area contributed by atoms with E-state index in [1.54, 1.807) is 0 Å². The van der Waals surface area contributed by atoms with Crippen LogP contribution in [0.3, 0.4) is 0 Å². The van der Waals surface area contributed by atoms with Gasteiger partial charge in [0.2, 0.25) is 0 Å². The van der Waals surface area contributed by atoms with Gasteiger partial charge in [0.05, 0.1) is 11.8 Å². The smallest absolute Gasteiger partial charge is 0.412 e. The van der Waals surface area contributed by atoms with Gasteiger partial charge in [-0.3, -0.25) is 5.32 Å². The second-order valence-corrected chi connectivity index (χ2v) is 7.42. The highest BCUT2D eigenvalue weighted by molar-refractivity contribution is 7.99. The summed E-state index contributed by atoms with van der Waals surface area (Å²) in [6.45, 7) is 5.47. The zero-order valence-electron chi connectivity index (χ0n) is 14.2. The van der Waals surface area contributed by atoms with Crippen LogP contribution in [0.1, 0.15) is 32.4 Å². The lowest BCUT2D eigenvalue weighted by Gasteiger charge is -2.20. The van der Waals surface area contributed by atoms with Gasteiger partial charge in [0.15, 0.2) is 0 Å². The van der Waals surface area contributed by atoms with Crippen LogP contribution >= 0.6 is 11.8 Å². The van der Waals surface area contributed by atoms with Gasteiger partial charge in [-0.25, -0.2) is 4.79 Å². The first-order chi connectivity index (χ1) is 11.3. The summed E-state index contributed by atoms with van der Waals surface area (Å²) >= 11 is 1.49. The Balaban J connectivity index is 2.00. The van der Waals surface area contributed by atoms with E-state index in [0.717, 1.165) is 10.5 Å². The molecule has 0 bridgehead atoms. The minimum atomic E-state index is -0.564. The summed E-state index contributed by atoms with van der Waals surface area (Å²) in [4.78, 5) is 12.8. The van der Waals surface area contributed by atoms with Crippen LogP contribution in [0, 0.1) is 0 Å². The number of aliphatic hydroxyl groups is 1. The largest absolute Gasteiger partial charge is 0.444 e. The average Bonchev–Trinajstić information content (AvgIpc) is 2.53. The fraction of sp³-hybridized carbons (Fsp3) is 0.316. The lowest BCUT2D eigenvalue weighted by Crippen LogP contribution is -2.27. The number of thioether (sulfide) groups is 1. The van der Waals surface area contributed by atoms with Crippen LogP contribution in [0.25, 0.3) is 0 Å². The Morgan fingerprint density at radius 3 is 2.42 bits per heavy atom. The summed E-state index contributed by atoms with van der Waals surface area (Å²) in [5, 5.41) is 13.0. The van der Waals surface area contributed by atoms with Crippen molar-refractivity contribution in [3.05, 3.63) is 60.2 Å². The molecule has 4 nitrogen and oxygen atoms in total. The third-order valence-electron chi connectivity index (χ3n) is 3.10. The van der Waals surface area contributed by atoms with Crippen LogP contribution in [0.15, 0.2) is 59.5 Å². The van der Waals surface area contributed by atoms with Crippen molar-refractivity contribution < 1.29 is 14.6 Å². The Hall–Kier alpha value is -1.98. The Labute approximate surface area is 147 Å². The zero-order chi connectivity index (χ0) is 17.6. The van der Waals surface area contributed by atoms with E-state index in [1.807, 2.05) is 75.4 Å². The molecule has 1 atom stereocenters. The molecule has 2 rings (SSSR count). The van der Waals surface area contributed by atoms with Gasteiger partial charge in [-0.05, 0) is 38.5 Å². The Morgan fingerprint density at radius 1 is 1.12 bits per heavy atom. The van der Waals surface area contributed by atoms with E-state index < -0.39 is 17.8 Å². The standard InChI is InChI=1S/C19H23NO3S/c1-19(2,3)23-18(22)20-15-11-7-8-12-17(15)24-13-16(21)14-9-5-4-6-10-14/h4-12,16,21H,13H2,1-3H3,(H,20,22). The average molecular weight is 345 g/mol. The van der Waals surface area contributed by atoms with Crippen LogP contribution in [-0.2, 0) is 4.74 Å². The Kier molecular flexibility index (Phi) is 6.29. The number of carbonyl (C=O) groups is 1. The first-order valence-electron chi connectivity index (χ1n) is 7.80. The Morgan fingerprint density at radius 2 is 1.75 bits per heavy atom. The van der Waals surface area contributed by atoms with Gasteiger partial charge in [0, 0.05) is 10.6 Å². The maximum atomic E-state index is 11.9. The minimum absolute atomic E-state index is 0.487. The van der Waals surface area contributed by atoms with Gasteiger partial charge in [0.1, 0.15) is 5.60 Å².